The zero-order valence-corrected chi connectivity index (χ0v) is 22.6. The number of rotatable bonds is 11. The highest BCUT2D eigenvalue weighted by Crippen LogP contribution is 2.29. The molecular weight excluding hydrogens is 588 g/mol. The minimum absolute atomic E-state index is 0.181. The molecule has 0 atom stereocenters. The van der Waals surface area contributed by atoms with Crippen LogP contribution in [0, 0.1) is 11.8 Å². The fourth-order valence-corrected chi connectivity index (χ4v) is 4.39. The Morgan fingerprint density at radius 2 is 1.26 bits per heavy atom. The molecule has 1 aliphatic carbocycles. The Morgan fingerprint density at radius 1 is 0.771 bits per heavy atom. The Balaban J connectivity index is 1.64. The van der Waals surface area contributed by atoms with Gasteiger partial charge in [0.05, 0.1) is 32.7 Å². The second kappa shape index (κ2) is 14.8. The molecule has 0 heterocycles. The third-order valence-corrected chi connectivity index (χ3v) is 6.89. The number of benzene rings is 1. The molecular formula is C23H30Br2N4O6. The quantitative estimate of drug-likeness (QED) is 0.220. The zero-order valence-electron chi connectivity index (χ0n) is 19.5. The van der Waals surface area contributed by atoms with Crippen LogP contribution in [0.3, 0.4) is 0 Å². The number of nitrogens with one attached hydrogen (secondary N) is 4. The summed E-state index contributed by atoms with van der Waals surface area (Å²) in [5, 5.41) is 11.4. The first kappa shape index (κ1) is 28.8. The number of anilines is 1. The molecule has 2 rings (SSSR count). The lowest BCUT2D eigenvalue weighted by atomic mass is 9.81. The molecule has 0 unspecified atom stereocenters. The normalized spacial score (nSPS) is 17.1. The van der Waals surface area contributed by atoms with Crippen LogP contribution in [0.15, 0.2) is 18.2 Å². The first-order chi connectivity index (χ1) is 16.7. The van der Waals surface area contributed by atoms with Gasteiger partial charge in [-0.1, -0.05) is 37.9 Å². The molecule has 1 aromatic rings. The second-order valence-corrected chi connectivity index (χ2v) is 9.32. The van der Waals surface area contributed by atoms with Crippen molar-refractivity contribution in [1.29, 1.82) is 0 Å². The van der Waals surface area contributed by atoms with E-state index in [9.17, 15) is 24.0 Å². The average molecular weight is 618 g/mol. The summed E-state index contributed by atoms with van der Waals surface area (Å²) in [5.74, 6) is -2.40. The molecule has 1 fully saturated rings. The van der Waals surface area contributed by atoms with Gasteiger partial charge in [-0.2, -0.15) is 0 Å². The standard InChI is InChI=1S/C23H30Br2N4O6/c1-35-23(34)17-4-2-16(3-5-17)22(33)28-12-20(31)26-11-19(30)27-13-21(32)29-18-7-14(9-24)6-15(8-18)10-25/h6-8,16-17H,2-5,9-13H2,1H3,(H,26,31)(H,27,30)(H,28,33)(H,29,32)/t16-,17-. The van der Waals surface area contributed by atoms with Crippen molar-refractivity contribution in [3.63, 3.8) is 0 Å². The van der Waals surface area contributed by atoms with Crippen LogP contribution in [0.2, 0.25) is 0 Å². The predicted octanol–water partition coefficient (Wildman–Crippen LogP) is 1.74. The molecule has 4 N–H and O–H groups in total. The van der Waals surface area contributed by atoms with Crippen LogP contribution in [0.1, 0.15) is 36.8 Å². The van der Waals surface area contributed by atoms with E-state index in [4.69, 9.17) is 4.74 Å². The largest absolute Gasteiger partial charge is 0.469 e. The predicted molar refractivity (Wildman–Crippen MR) is 137 cm³/mol. The molecule has 4 amide bonds. The van der Waals surface area contributed by atoms with E-state index in [0.29, 0.717) is 42.0 Å². The molecule has 0 saturated heterocycles. The van der Waals surface area contributed by atoms with E-state index in [1.807, 2.05) is 18.2 Å². The minimum atomic E-state index is -0.531. The maximum atomic E-state index is 12.3. The molecule has 0 spiro atoms. The molecule has 0 radical (unpaired) electrons. The third-order valence-electron chi connectivity index (χ3n) is 5.59. The molecule has 12 heteroatoms. The first-order valence-corrected chi connectivity index (χ1v) is 13.4. The number of methoxy groups -OCH3 is 1. The highest BCUT2D eigenvalue weighted by molar-refractivity contribution is 9.08. The lowest BCUT2D eigenvalue weighted by Crippen LogP contribution is -2.44. The third kappa shape index (κ3) is 9.96. The maximum absolute atomic E-state index is 12.3. The Labute approximate surface area is 220 Å². The summed E-state index contributed by atoms with van der Waals surface area (Å²) in [4.78, 5) is 59.9. The van der Waals surface area contributed by atoms with Gasteiger partial charge < -0.3 is 26.0 Å². The first-order valence-electron chi connectivity index (χ1n) is 11.2. The van der Waals surface area contributed by atoms with Gasteiger partial charge in [-0.3, -0.25) is 24.0 Å². The lowest BCUT2D eigenvalue weighted by Gasteiger charge is -2.25. The molecule has 0 bridgehead atoms. The van der Waals surface area contributed by atoms with Crippen molar-refractivity contribution in [2.75, 3.05) is 32.1 Å². The highest BCUT2D eigenvalue weighted by atomic mass is 79.9. The molecule has 1 aromatic carbocycles. The molecule has 192 valence electrons. The van der Waals surface area contributed by atoms with Crippen molar-refractivity contribution in [1.82, 2.24) is 16.0 Å². The van der Waals surface area contributed by atoms with E-state index in [2.05, 4.69) is 53.1 Å². The number of carbonyl (C=O) groups excluding carboxylic acids is 5. The van der Waals surface area contributed by atoms with Crippen LogP contribution >= 0.6 is 31.9 Å². The Bertz CT molecular complexity index is 912. The van der Waals surface area contributed by atoms with Crippen LogP contribution in [0.25, 0.3) is 0 Å². The number of halogens is 2. The van der Waals surface area contributed by atoms with Gasteiger partial charge in [0, 0.05) is 22.3 Å². The minimum Gasteiger partial charge on any atom is -0.469 e. The van der Waals surface area contributed by atoms with Crippen molar-refractivity contribution in [3.05, 3.63) is 29.3 Å². The van der Waals surface area contributed by atoms with E-state index in [-0.39, 0.29) is 43.3 Å². The van der Waals surface area contributed by atoms with Crippen LogP contribution < -0.4 is 21.3 Å². The summed E-state index contributed by atoms with van der Waals surface area (Å²) in [7, 11) is 1.35. The summed E-state index contributed by atoms with van der Waals surface area (Å²) in [6.45, 7) is -0.829. The SMILES string of the molecule is COC(=O)[C@H]1CC[C@H](C(=O)NCC(=O)NCC(=O)NCC(=O)Nc2cc(CBr)cc(CBr)c2)CC1. The van der Waals surface area contributed by atoms with Crippen molar-refractivity contribution in [2.45, 2.75) is 36.3 Å². The molecule has 35 heavy (non-hydrogen) atoms. The maximum Gasteiger partial charge on any atom is 0.308 e. The van der Waals surface area contributed by atoms with Gasteiger partial charge in [0.2, 0.25) is 23.6 Å². The monoisotopic (exact) mass is 616 g/mol. The molecule has 10 nitrogen and oxygen atoms in total. The lowest BCUT2D eigenvalue weighted by molar-refractivity contribution is -0.147. The Morgan fingerprint density at radius 3 is 1.77 bits per heavy atom. The molecule has 0 aliphatic heterocycles. The summed E-state index contributed by atoms with van der Waals surface area (Å²) < 4.78 is 4.73. The fraction of sp³-hybridized carbons (Fsp3) is 0.522. The number of hydrogen-bond acceptors (Lipinski definition) is 6. The molecule has 0 aromatic heterocycles. The fourth-order valence-electron chi connectivity index (χ4n) is 3.75. The van der Waals surface area contributed by atoms with Gasteiger partial charge in [0.1, 0.15) is 0 Å². The number of carbonyl (C=O) groups is 5. The van der Waals surface area contributed by atoms with E-state index in [1.54, 1.807) is 0 Å². The van der Waals surface area contributed by atoms with Gasteiger partial charge in [-0.15, -0.1) is 0 Å². The van der Waals surface area contributed by atoms with Crippen molar-refractivity contribution in [3.8, 4) is 0 Å². The summed E-state index contributed by atoms with van der Waals surface area (Å²) in [5.41, 5.74) is 2.63. The summed E-state index contributed by atoms with van der Waals surface area (Å²) >= 11 is 6.78. The van der Waals surface area contributed by atoms with E-state index in [0.717, 1.165) is 11.1 Å². The van der Waals surface area contributed by atoms with Crippen LogP contribution in [-0.2, 0) is 39.4 Å². The van der Waals surface area contributed by atoms with Gasteiger partial charge in [-0.05, 0) is 48.9 Å². The Kier molecular flexibility index (Phi) is 12.2. The van der Waals surface area contributed by atoms with Gasteiger partial charge >= 0.3 is 5.97 Å². The van der Waals surface area contributed by atoms with Crippen molar-refractivity contribution >= 4 is 67.1 Å². The number of esters is 1. The molecule has 1 aliphatic rings. The van der Waals surface area contributed by atoms with E-state index in [1.165, 1.54) is 7.11 Å². The summed E-state index contributed by atoms with van der Waals surface area (Å²) in [6.07, 6.45) is 2.25. The summed E-state index contributed by atoms with van der Waals surface area (Å²) in [6, 6.07) is 5.67. The van der Waals surface area contributed by atoms with Crippen molar-refractivity contribution < 1.29 is 28.7 Å². The van der Waals surface area contributed by atoms with Crippen LogP contribution in [0.5, 0.6) is 0 Å². The number of alkyl halides is 2. The Hall–Kier alpha value is -2.47. The van der Waals surface area contributed by atoms with Gasteiger partial charge in [0.25, 0.3) is 0 Å². The number of ether oxygens (including phenoxy) is 1. The van der Waals surface area contributed by atoms with Crippen molar-refractivity contribution in [2.24, 2.45) is 11.8 Å². The van der Waals surface area contributed by atoms with Gasteiger partial charge in [-0.25, -0.2) is 0 Å². The number of amides is 4. The van der Waals surface area contributed by atoms with E-state index < -0.39 is 17.7 Å². The van der Waals surface area contributed by atoms with Crippen LogP contribution in [-0.4, -0.2) is 56.3 Å². The topological polar surface area (TPSA) is 143 Å². The average Bonchev–Trinajstić information content (AvgIpc) is 2.88. The smallest absolute Gasteiger partial charge is 0.308 e. The van der Waals surface area contributed by atoms with Gasteiger partial charge in [0.15, 0.2) is 0 Å². The molecule has 1 saturated carbocycles. The second-order valence-electron chi connectivity index (χ2n) is 8.20. The van der Waals surface area contributed by atoms with Crippen LogP contribution in [0.4, 0.5) is 5.69 Å². The highest BCUT2D eigenvalue weighted by Gasteiger charge is 2.30. The van der Waals surface area contributed by atoms with E-state index >= 15 is 0 Å². The number of hydrogen-bond donors (Lipinski definition) is 4. The zero-order chi connectivity index (χ0) is 25.8.